The first-order valence-electron chi connectivity index (χ1n) is 6.69. The van der Waals surface area contributed by atoms with E-state index in [4.69, 9.17) is 0 Å². The van der Waals surface area contributed by atoms with Crippen LogP contribution < -0.4 is 0 Å². The van der Waals surface area contributed by atoms with Crippen molar-refractivity contribution < 1.29 is 22.5 Å². The zero-order valence-corrected chi connectivity index (χ0v) is 13.8. The fourth-order valence-corrected chi connectivity index (χ4v) is 2.12. The molecule has 0 fully saturated rings. The van der Waals surface area contributed by atoms with Crippen LogP contribution in [0, 0.1) is 0 Å². The van der Waals surface area contributed by atoms with Crippen LogP contribution in [0.15, 0.2) is 34.7 Å². The summed E-state index contributed by atoms with van der Waals surface area (Å²) >= 11 is 0. The molecular formula is C15H20F3NO2S. The monoisotopic (exact) mass is 335 g/mol. The first kappa shape index (κ1) is 18.8. The third-order valence-corrected chi connectivity index (χ3v) is 4.38. The summed E-state index contributed by atoms with van der Waals surface area (Å²) in [6, 6.07) is 8.15. The van der Waals surface area contributed by atoms with E-state index in [1.165, 1.54) is 0 Å². The number of rotatable bonds is 4. The molecule has 0 aliphatic rings. The summed E-state index contributed by atoms with van der Waals surface area (Å²) in [6.07, 6.45) is -5.56. The van der Waals surface area contributed by atoms with Crippen molar-refractivity contribution in [2.75, 3.05) is 0 Å². The van der Waals surface area contributed by atoms with Gasteiger partial charge < -0.3 is 5.11 Å². The molecule has 0 heterocycles. The second kappa shape index (κ2) is 6.50. The predicted molar refractivity (Wildman–Crippen MR) is 82.2 cm³/mol. The molecule has 124 valence electrons. The Labute approximate surface area is 130 Å². The van der Waals surface area contributed by atoms with Gasteiger partial charge in [-0.05, 0) is 33.3 Å². The lowest BCUT2D eigenvalue weighted by atomic mass is 9.94. The minimum absolute atomic E-state index is 0.0313. The maximum atomic E-state index is 12.9. The van der Waals surface area contributed by atoms with Crippen molar-refractivity contribution in [1.82, 2.24) is 0 Å². The molecule has 0 aliphatic heterocycles. The zero-order valence-electron chi connectivity index (χ0n) is 12.9. The van der Waals surface area contributed by atoms with Crippen LogP contribution in [0.4, 0.5) is 13.2 Å². The lowest BCUT2D eigenvalue weighted by molar-refractivity contribution is -0.249. The average molecular weight is 335 g/mol. The Morgan fingerprint density at radius 3 is 2.05 bits per heavy atom. The third-order valence-electron chi connectivity index (χ3n) is 2.95. The normalized spacial score (nSPS) is 17.9. The number of hydrogen-bond acceptors (Lipinski definition) is 2. The number of aliphatic hydroxyl groups is 1. The van der Waals surface area contributed by atoms with E-state index < -0.39 is 33.9 Å². The minimum Gasteiger partial charge on any atom is -0.380 e. The Hall–Kier alpha value is -1.21. The van der Waals surface area contributed by atoms with Crippen molar-refractivity contribution in [2.24, 2.45) is 4.40 Å². The van der Waals surface area contributed by atoms with Crippen molar-refractivity contribution in [3.8, 4) is 0 Å². The van der Waals surface area contributed by atoms with Crippen molar-refractivity contribution in [2.45, 2.75) is 50.6 Å². The number of nitrogens with zero attached hydrogens (tertiary/aromatic N) is 1. The van der Waals surface area contributed by atoms with Crippen molar-refractivity contribution in [1.29, 1.82) is 0 Å². The largest absolute Gasteiger partial charge is 0.417 e. The first-order valence-corrected chi connectivity index (χ1v) is 7.79. The minimum atomic E-state index is -4.80. The Bertz CT molecular complexity index is 560. The smallest absolute Gasteiger partial charge is 0.380 e. The van der Waals surface area contributed by atoms with Crippen LogP contribution in [0.2, 0.25) is 0 Å². The Morgan fingerprint density at radius 2 is 1.64 bits per heavy atom. The van der Waals surface area contributed by atoms with Gasteiger partial charge in [0.2, 0.25) is 0 Å². The molecule has 2 atom stereocenters. The Morgan fingerprint density at radius 1 is 1.14 bits per heavy atom. The topological polar surface area (TPSA) is 49.7 Å². The van der Waals surface area contributed by atoms with Gasteiger partial charge in [-0.2, -0.15) is 17.6 Å². The molecular weight excluding hydrogens is 315 g/mol. The van der Waals surface area contributed by atoms with Crippen LogP contribution in [0.1, 0.15) is 39.7 Å². The van der Waals surface area contributed by atoms with Gasteiger partial charge in [0.05, 0.1) is 10.5 Å². The van der Waals surface area contributed by atoms with Crippen LogP contribution >= 0.6 is 0 Å². The van der Waals surface area contributed by atoms with Crippen LogP contribution in [-0.4, -0.2) is 31.6 Å². The predicted octanol–water partition coefficient (Wildman–Crippen LogP) is 3.64. The van der Waals surface area contributed by atoms with Crippen molar-refractivity contribution in [3.63, 3.8) is 0 Å². The maximum Gasteiger partial charge on any atom is 0.417 e. The molecule has 22 heavy (non-hydrogen) atoms. The Kier molecular flexibility index (Phi) is 5.56. The summed E-state index contributed by atoms with van der Waals surface area (Å²) in [5.41, 5.74) is -2.56. The van der Waals surface area contributed by atoms with E-state index in [1.807, 2.05) is 0 Å². The molecule has 1 aromatic carbocycles. The van der Waals surface area contributed by atoms with Crippen molar-refractivity contribution >= 4 is 16.7 Å². The highest BCUT2D eigenvalue weighted by Gasteiger charge is 2.50. The molecule has 0 radical (unpaired) electrons. The zero-order chi connectivity index (χ0) is 17.2. The third kappa shape index (κ3) is 4.91. The molecule has 3 nitrogen and oxygen atoms in total. The summed E-state index contributed by atoms with van der Waals surface area (Å²) in [6.45, 7) is 5.72. The lowest BCUT2D eigenvalue weighted by Gasteiger charge is -2.27. The summed E-state index contributed by atoms with van der Waals surface area (Å²) < 4.78 is 54.1. The fourth-order valence-electron chi connectivity index (χ4n) is 1.48. The SMILES string of the molecule is CC(C)(C)[S@@](=O)/N=C(\C[C@@](C)(O)C(F)(F)F)c1ccccc1. The van der Waals surface area contributed by atoms with Crippen LogP contribution in [0.3, 0.4) is 0 Å². The van der Waals surface area contributed by atoms with Crippen LogP contribution in [0.5, 0.6) is 0 Å². The van der Waals surface area contributed by atoms with Gasteiger partial charge in [-0.1, -0.05) is 30.3 Å². The molecule has 0 saturated heterocycles. The molecule has 0 spiro atoms. The van der Waals surface area contributed by atoms with Gasteiger partial charge in [0.1, 0.15) is 11.0 Å². The van der Waals surface area contributed by atoms with Gasteiger partial charge in [0.25, 0.3) is 0 Å². The second-order valence-electron chi connectivity index (χ2n) is 6.21. The maximum absolute atomic E-state index is 12.9. The fraction of sp³-hybridized carbons (Fsp3) is 0.533. The molecule has 0 saturated carbocycles. The van der Waals surface area contributed by atoms with E-state index in [0.717, 1.165) is 0 Å². The summed E-state index contributed by atoms with van der Waals surface area (Å²) in [4.78, 5) is 0. The quantitative estimate of drug-likeness (QED) is 0.854. The standard InChI is InChI=1S/C15H20F3NO2S/c1-13(2,3)22(21)19-12(11-8-6-5-7-9-11)10-14(4,20)15(16,17)18/h5-9,20H,10H2,1-4H3/b19-12+/t14-,22-/m1/s1. The molecule has 0 bridgehead atoms. The second-order valence-corrected chi connectivity index (χ2v) is 8.12. The van der Waals surface area contributed by atoms with Gasteiger partial charge >= 0.3 is 6.18 Å². The van der Waals surface area contributed by atoms with E-state index in [0.29, 0.717) is 12.5 Å². The summed E-state index contributed by atoms with van der Waals surface area (Å²) in [5.74, 6) is 0. The lowest BCUT2D eigenvalue weighted by Crippen LogP contribution is -2.44. The summed E-state index contributed by atoms with van der Waals surface area (Å²) in [5, 5.41) is 9.69. The van der Waals surface area contributed by atoms with Crippen molar-refractivity contribution in [3.05, 3.63) is 35.9 Å². The van der Waals surface area contributed by atoms with E-state index in [-0.39, 0.29) is 5.71 Å². The van der Waals surface area contributed by atoms with E-state index in [2.05, 4.69) is 4.40 Å². The van der Waals surface area contributed by atoms with Gasteiger partial charge in [-0.15, -0.1) is 0 Å². The first-order chi connectivity index (χ1) is 9.84. The molecule has 0 amide bonds. The van der Waals surface area contributed by atoms with Gasteiger partial charge in [-0.25, -0.2) is 4.21 Å². The molecule has 1 N–H and O–H groups in total. The van der Waals surface area contributed by atoms with Gasteiger partial charge in [0.15, 0.2) is 5.60 Å². The van der Waals surface area contributed by atoms with Gasteiger partial charge in [-0.3, -0.25) is 0 Å². The molecule has 1 rings (SSSR count). The van der Waals surface area contributed by atoms with E-state index >= 15 is 0 Å². The molecule has 7 heteroatoms. The highest BCUT2D eigenvalue weighted by atomic mass is 32.2. The molecule has 0 aromatic heterocycles. The number of halogens is 3. The van der Waals surface area contributed by atoms with Gasteiger partial charge in [0, 0.05) is 6.42 Å². The number of hydrogen-bond donors (Lipinski definition) is 1. The number of benzene rings is 1. The average Bonchev–Trinajstić information content (AvgIpc) is 2.36. The number of alkyl halides is 3. The van der Waals surface area contributed by atoms with Crippen LogP contribution in [-0.2, 0) is 11.0 Å². The van der Waals surface area contributed by atoms with Crippen LogP contribution in [0.25, 0.3) is 0 Å². The molecule has 0 aliphatic carbocycles. The highest BCUT2D eigenvalue weighted by molar-refractivity contribution is 7.85. The molecule has 0 unspecified atom stereocenters. The highest BCUT2D eigenvalue weighted by Crippen LogP contribution is 2.34. The van der Waals surface area contributed by atoms with E-state index in [1.54, 1.807) is 51.1 Å². The summed E-state index contributed by atoms with van der Waals surface area (Å²) in [7, 11) is -1.72. The Balaban J connectivity index is 3.26. The molecule has 1 aromatic rings. The van der Waals surface area contributed by atoms with E-state index in [9.17, 15) is 22.5 Å².